The second kappa shape index (κ2) is 10.7. The van der Waals surface area contributed by atoms with Crippen LogP contribution >= 0.6 is 0 Å². The standard InChI is InChI=1S/C31H30FN3O4/c1-4-5-16-38-28(36)19-35-29(22-11-6-8-12-24(22)32)33-18-25(30(35)37)34-31(2,3)20-14-15-27-23(17-20)21-10-7-9-13-26(21)39-27/h6-15,17-18,34H,4-5,16,19H2,1-3H3. The van der Waals surface area contributed by atoms with E-state index in [1.54, 1.807) is 12.1 Å². The molecule has 0 aliphatic rings. The average Bonchev–Trinajstić information content (AvgIpc) is 3.30. The molecule has 39 heavy (non-hydrogen) atoms. The predicted molar refractivity (Wildman–Crippen MR) is 150 cm³/mol. The number of aromatic nitrogens is 2. The van der Waals surface area contributed by atoms with Crippen LogP contribution in [0.2, 0.25) is 0 Å². The molecular weight excluding hydrogens is 497 g/mol. The Morgan fingerprint density at radius 3 is 2.59 bits per heavy atom. The van der Waals surface area contributed by atoms with Crippen molar-refractivity contribution in [1.82, 2.24) is 9.55 Å². The third kappa shape index (κ3) is 5.27. The number of hydrogen-bond donors (Lipinski definition) is 1. The van der Waals surface area contributed by atoms with Crippen molar-refractivity contribution in [3.63, 3.8) is 0 Å². The molecule has 7 nitrogen and oxygen atoms in total. The number of unbranched alkanes of at least 4 members (excludes halogenated alkanes) is 1. The fourth-order valence-electron chi connectivity index (χ4n) is 4.61. The molecule has 0 bridgehead atoms. The summed E-state index contributed by atoms with van der Waals surface area (Å²) in [6.07, 6.45) is 2.96. The molecule has 0 aliphatic heterocycles. The number of para-hydroxylation sites is 1. The molecule has 8 heteroatoms. The van der Waals surface area contributed by atoms with Crippen LogP contribution in [0.1, 0.15) is 39.2 Å². The normalized spacial score (nSPS) is 11.7. The Labute approximate surface area is 225 Å². The van der Waals surface area contributed by atoms with Crippen molar-refractivity contribution >= 4 is 33.6 Å². The van der Waals surface area contributed by atoms with Crippen LogP contribution in [0.3, 0.4) is 0 Å². The summed E-state index contributed by atoms with van der Waals surface area (Å²) in [5, 5.41) is 5.27. The number of hydrogen-bond acceptors (Lipinski definition) is 6. The monoisotopic (exact) mass is 527 g/mol. The zero-order valence-electron chi connectivity index (χ0n) is 22.2. The number of esters is 1. The van der Waals surface area contributed by atoms with Crippen molar-refractivity contribution in [2.24, 2.45) is 0 Å². The van der Waals surface area contributed by atoms with Gasteiger partial charge in [0.05, 0.1) is 23.9 Å². The second-order valence-electron chi connectivity index (χ2n) is 10.00. The Kier molecular flexibility index (Phi) is 7.19. The maximum Gasteiger partial charge on any atom is 0.326 e. The third-order valence-electron chi connectivity index (χ3n) is 6.76. The van der Waals surface area contributed by atoms with Gasteiger partial charge in [-0.3, -0.25) is 14.2 Å². The first kappa shape index (κ1) is 26.2. The molecule has 0 spiro atoms. The van der Waals surface area contributed by atoms with Gasteiger partial charge in [0.15, 0.2) is 0 Å². The Bertz CT molecular complexity index is 1720. The van der Waals surface area contributed by atoms with E-state index in [1.807, 2.05) is 63.2 Å². The molecule has 0 aliphatic carbocycles. The van der Waals surface area contributed by atoms with E-state index in [-0.39, 0.29) is 30.2 Å². The second-order valence-corrected chi connectivity index (χ2v) is 10.00. The van der Waals surface area contributed by atoms with Gasteiger partial charge >= 0.3 is 5.97 Å². The molecule has 0 fully saturated rings. The fraction of sp³-hybridized carbons (Fsp3) is 0.258. The topological polar surface area (TPSA) is 86.4 Å². The van der Waals surface area contributed by atoms with E-state index >= 15 is 0 Å². The van der Waals surface area contributed by atoms with Gasteiger partial charge in [-0.05, 0) is 56.2 Å². The van der Waals surface area contributed by atoms with Crippen molar-refractivity contribution in [2.75, 3.05) is 11.9 Å². The first-order valence-electron chi connectivity index (χ1n) is 13.0. The molecule has 5 rings (SSSR count). The van der Waals surface area contributed by atoms with Gasteiger partial charge in [-0.15, -0.1) is 0 Å². The number of halogens is 1. The van der Waals surface area contributed by atoms with E-state index in [0.717, 1.165) is 38.5 Å². The average molecular weight is 528 g/mol. The van der Waals surface area contributed by atoms with Gasteiger partial charge in [0, 0.05) is 10.8 Å². The SMILES string of the molecule is CCCCOC(=O)Cn1c(-c2ccccc2F)ncc(NC(C)(C)c2ccc3oc4ccccc4c3c2)c1=O. The summed E-state index contributed by atoms with van der Waals surface area (Å²) in [4.78, 5) is 30.7. The summed E-state index contributed by atoms with van der Waals surface area (Å²) in [5.74, 6) is -1.07. The number of benzene rings is 3. The van der Waals surface area contributed by atoms with Crippen molar-refractivity contribution in [3.8, 4) is 11.4 Å². The highest BCUT2D eigenvalue weighted by Crippen LogP contribution is 2.33. The molecule has 0 saturated carbocycles. The van der Waals surface area contributed by atoms with Gasteiger partial charge in [-0.25, -0.2) is 9.37 Å². The van der Waals surface area contributed by atoms with E-state index in [4.69, 9.17) is 9.15 Å². The van der Waals surface area contributed by atoms with Crippen LogP contribution < -0.4 is 10.9 Å². The zero-order valence-corrected chi connectivity index (χ0v) is 22.2. The first-order valence-corrected chi connectivity index (χ1v) is 13.0. The van der Waals surface area contributed by atoms with Crippen LogP contribution in [-0.2, 0) is 21.6 Å². The summed E-state index contributed by atoms with van der Waals surface area (Å²) >= 11 is 0. The van der Waals surface area contributed by atoms with E-state index < -0.39 is 22.9 Å². The molecular formula is C31H30FN3O4. The number of nitrogens with zero attached hydrogens (tertiary/aromatic N) is 2. The largest absolute Gasteiger partial charge is 0.464 e. The highest BCUT2D eigenvalue weighted by Gasteiger charge is 2.25. The molecule has 2 heterocycles. The van der Waals surface area contributed by atoms with E-state index in [2.05, 4.69) is 10.3 Å². The number of nitrogens with one attached hydrogen (secondary N) is 1. The van der Waals surface area contributed by atoms with E-state index in [1.165, 1.54) is 18.3 Å². The van der Waals surface area contributed by atoms with Crippen LogP contribution in [0.5, 0.6) is 0 Å². The smallest absolute Gasteiger partial charge is 0.326 e. The quantitative estimate of drug-likeness (QED) is 0.171. The summed E-state index contributed by atoms with van der Waals surface area (Å²) in [6, 6.07) is 19.8. The highest BCUT2D eigenvalue weighted by atomic mass is 19.1. The zero-order chi connectivity index (χ0) is 27.6. The molecule has 200 valence electrons. The van der Waals surface area contributed by atoms with Crippen LogP contribution in [0, 0.1) is 5.82 Å². The Morgan fingerprint density at radius 2 is 1.79 bits per heavy atom. The number of anilines is 1. The van der Waals surface area contributed by atoms with Crippen molar-refractivity contribution in [1.29, 1.82) is 0 Å². The molecule has 0 saturated heterocycles. The van der Waals surface area contributed by atoms with E-state index in [0.29, 0.717) is 6.42 Å². The number of ether oxygens (including phenoxy) is 1. The summed E-state index contributed by atoms with van der Waals surface area (Å²) in [6.45, 7) is 5.75. The van der Waals surface area contributed by atoms with Crippen LogP contribution in [-0.4, -0.2) is 22.1 Å². The lowest BCUT2D eigenvalue weighted by molar-refractivity contribution is -0.144. The van der Waals surface area contributed by atoms with Gasteiger partial charge in [-0.2, -0.15) is 0 Å². The lowest BCUT2D eigenvalue weighted by Crippen LogP contribution is -2.35. The van der Waals surface area contributed by atoms with Crippen molar-refractivity contribution < 1.29 is 18.3 Å². The van der Waals surface area contributed by atoms with Gasteiger partial charge in [0.2, 0.25) is 0 Å². The molecule has 3 aromatic carbocycles. The third-order valence-corrected chi connectivity index (χ3v) is 6.76. The lowest BCUT2D eigenvalue weighted by Gasteiger charge is -2.28. The van der Waals surface area contributed by atoms with Gasteiger partial charge < -0.3 is 14.5 Å². The van der Waals surface area contributed by atoms with Crippen LogP contribution in [0.15, 0.2) is 82.1 Å². The van der Waals surface area contributed by atoms with Gasteiger partial charge in [0.1, 0.15) is 35.0 Å². The number of carbonyl (C=O) groups is 1. The maximum atomic E-state index is 14.7. The molecule has 5 aromatic rings. The molecule has 2 aromatic heterocycles. The molecule has 0 atom stereocenters. The summed E-state index contributed by atoms with van der Waals surface area (Å²) in [5.41, 5.74) is 1.60. The highest BCUT2D eigenvalue weighted by molar-refractivity contribution is 6.05. The number of furan rings is 1. The molecule has 0 unspecified atom stereocenters. The Morgan fingerprint density at radius 1 is 1.05 bits per heavy atom. The number of carbonyl (C=O) groups excluding carboxylic acids is 1. The number of rotatable bonds is 9. The van der Waals surface area contributed by atoms with Crippen LogP contribution in [0.25, 0.3) is 33.3 Å². The van der Waals surface area contributed by atoms with Crippen LogP contribution in [0.4, 0.5) is 10.1 Å². The first-order chi connectivity index (χ1) is 18.8. The minimum absolute atomic E-state index is 0.0557. The lowest BCUT2D eigenvalue weighted by atomic mass is 9.92. The molecule has 0 amide bonds. The summed E-state index contributed by atoms with van der Waals surface area (Å²) in [7, 11) is 0. The Hall–Kier alpha value is -4.46. The fourth-order valence-corrected chi connectivity index (χ4v) is 4.61. The minimum Gasteiger partial charge on any atom is -0.464 e. The predicted octanol–water partition coefficient (Wildman–Crippen LogP) is 6.64. The molecule has 0 radical (unpaired) electrons. The summed E-state index contributed by atoms with van der Waals surface area (Å²) < 4.78 is 27.1. The molecule has 1 N–H and O–H groups in total. The van der Waals surface area contributed by atoms with Gasteiger partial charge in [-0.1, -0.05) is 49.7 Å². The number of fused-ring (bicyclic) bond motifs is 3. The van der Waals surface area contributed by atoms with Crippen molar-refractivity contribution in [2.45, 2.75) is 45.7 Å². The van der Waals surface area contributed by atoms with E-state index in [9.17, 15) is 14.0 Å². The maximum absolute atomic E-state index is 14.7. The minimum atomic E-state index is -0.702. The van der Waals surface area contributed by atoms with Gasteiger partial charge in [0.25, 0.3) is 5.56 Å². The Balaban J connectivity index is 1.52. The van der Waals surface area contributed by atoms with Crippen molar-refractivity contribution in [3.05, 3.63) is 94.7 Å².